The maximum atomic E-state index is 12.3. The molecule has 0 aromatic heterocycles. The average molecular weight is 381 g/mol. The molecule has 3 N–H and O–H groups in total. The minimum atomic E-state index is -0.429. The van der Waals surface area contributed by atoms with Gasteiger partial charge in [-0.25, -0.2) is 0 Å². The van der Waals surface area contributed by atoms with E-state index in [4.69, 9.17) is 0 Å². The third-order valence-corrected chi connectivity index (χ3v) is 4.28. The largest absolute Gasteiger partial charge is 0.326 e. The molecule has 0 radical (unpaired) electrons. The molecule has 148 valence electrons. The van der Waals surface area contributed by atoms with Gasteiger partial charge in [0.2, 0.25) is 11.8 Å². The van der Waals surface area contributed by atoms with Crippen LogP contribution < -0.4 is 16.2 Å². The first kappa shape index (κ1) is 21.2. The number of hydrogen-bond donors (Lipinski definition) is 3. The Morgan fingerprint density at radius 2 is 1.46 bits per heavy atom. The fraction of sp³-hybridized carbons (Fsp3) is 0.318. The molecule has 1 atom stereocenters. The van der Waals surface area contributed by atoms with Crippen LogP contribution in [0.5, 0.6) is 0 Å². The van der Waals surface area contributed by atoms with Crippen molar-refractivity contribution in [2.24, 2.45) is 5.92 Å². The van der Waals surface area contributed by atoms with E-state index in [9.17, 15) is 14.4 Å². The Morgan fingerprint density at radius 3 is 2.00 bits per heavy atom. The maximum Gasteiger partial charge on any atom is 0.269 e. The lowest BCUT2D eigenvalue weighted by Gasteiger charge is -2.14. The number of rotatable bonds is 6. The van der Waals surface area contributed by atoms with Gasteiger partial charge in [-0.15, -0.1) is 0 Å². The highest BCUT2D eigenvalue weighted by molar-refractivity contribution is 5.97. The van der Waals surface area contributed by atoms with E-state index < -0.39 is 11.8 Å². The molecule has 1 unspecified atom stereocenters. The van der Waals surface area contributed by atoms with Crippen LogP contribution in [0.1, 0.15) is 55.1 Å². The summed E-state index contributed by atoms with van der Waals surface area (Å²) < 4.78 is 0. The number of nitrogens with one attached hydrogen (secondary N) is 3. The number of amides is 3. The third kappa shape index (κ3) is 6.23. The molecule has 0 saturated heterocycles. The van der Waals surface area contributed by atoms with Gasteiger partial charge < -0.3 is 5.32 Å². The summed E-state index contributed by atoms with van der Waals surface area (Å²) in [5.74, 6) is -0.720. The van der Waals surface area contributed by atoms with E-state index in [1.165, 1.54) is 12.5 Å². The second-order valence-electron chi connectivity index (χ2n) is 7.26. The molecule has 0 aliphatic carbocycles. The summed E-state index contributed by atoms with van der Waals surface area (Å²) in [6.45, 7) is 7.54. The highest BCUT2D eigenvalue weighted by atomic mass is 16.2. The van der Waals surface area contributed by atoms with Gasteiger partial charge in [0.05, 0.1) is 5.92 Å². The van der Waals surface area contributed by atoms with Gasteiger partial charge in [0, 0.05) is 18.2 Å². The molecule has 0 bridgehead atoms. The quantitative estimate of drug-likeness (QED) is 0.670. The first-order valence-electron chi connectivity index (χ1n) is 9.33. The van der Waals surface area contributed by atoms with Crippen LogP contribution in [0.4, 0.5) is 5.69 Å². The SMILES string of the molecule is CC(=O)Nc1ccc(C(=O)NNC(=O)C(C)c2ccc(CC(C)C)cc2)cc1. The van der Waals surface area contributed by atoms with E-state index >= 15 is 0 Å². The number of hydrogen-bond acceptors (Lipinski definition) is 3. The zero-order chi connectivity index (χ0) is 20.7. The number of hydrazine groups is 1. The Kier molecular flexibility index (Phi) is 7.32. The van der Waals surface area contributed by atoms with Crippen molar-refractivity contribution in [1.29, 1.82) is 0 Å². The van der Waals surface area contributed by atoms with E-state index in [0.29, 0.717) is 17.2 Å². The third-order valence-electron chi connectivity index (χ3n) is 4.28. The molecule has 0 heterocycles. The fourth-order valence-electron chi connectivity index (χ4n) is 2.77. The molecule has 2 rings (SSSR count). The van der Waals surface area contributed by atoms with Crippen LogP contribution in [-0.2, 0) is 16.0 Å². The van der Waals surface area contributed by atoms with Gasteiger partial charge >= 0.3 is 0 Å². The highest BCUT2D eigenvalue weighted by Crippen LogP contribution is 2.17. The van der Waals surface area contributed by atoms with Crippen molar-refractivity contribution in [2.45, 2.75) is 40.0 Å². The van der Waals surface area contributed by atoms with Crippen molar-refractivity contribution >= 4 is 23.4 Å². The Bertz CT molecular complexity index is 827. The van der Waals surface area contributed by atoms with Crippen LogP contribution >= 0.6 is 0 Å². The standard InChI is InChI=1S/C22H27N3O3/c1-14(2)13-17-5-7-18(8-6-17)15(3)21(27)24-25-22(28)19-9-11-20(12-10-19)23-16(4)26/h5-12,14-15H,13H2,1-4H3,(H,23,26)(H,24,27)(H,25,28). The molecule has 2 aromatic rings. The predicted octanol–water partition coefficient (Wildman–Crippen LogP) is 3.41. The normalized spacial score (nSPS) is 11.6. The minimum absolute atomic E-state index is 0.185. The zero-order valence-electron chi connectivity index (χ0n) is 16.7. The second-order valence-corrected chi connectivity index (χ2v) is 7.26. The number of anilines is 1. The molecule has 28 heavy (non-hydrogen) atoms. The van der Waals surface area contributed by atoms with Crippen LogP contribution in [0.15, 0.2) is 48.5 Å². The first-order valence-corrected chi connectivity index (χ1v) is 9.33. The van der Waals surface area contributed by atoms with E-state index in [1.807, 2.05) is 24.3 Å². The van der Waals surface area contributed by atoms with Crippen molar-refractivity contribution in [2.75, 3.05) is 5.32 Å². The first-order chi connectivity index (χ1) is 13.3. The van der Waals surface area contributed by atoms with E-state index in [2.05, 4.69) is 30.0 Å². The Balaban J connectivity index is 1.89. The predicted molar refractivity (Wildman–Crippen MR) is 110 cm³/mol. The Hall–Kier alpha value is -3.15. The highest BCUT2D eigenvalue weighted by Gasteiger charge is 2.16. The van der Waals surface area contributed by atoms with Crippen molar-refractivity contribution in [3.8, 4) is 0 Å². The summed E-state index contributed by atoms with van der Waals surface area (Å²) in [4.78, 5) is 35.5. The summed E-state index contributed by atoms with van der Waals surface area (Å²) in [6, 6.07) is 14.4. The number of carbonyl (C=O) groups excluding carboxylic acids is 3. The molecule has 0 aliphatic heterocycles. The van der Waals surface area contributed by atoms with E-state index in [-0.39, 0.29) is 11.8 Å². The molecule has 2 aromatic carbocycles. The van der Waals surface area contributed by atoms with Crippen LogP contribution in [0.3, 0.4) is 0 Å². The molecule has 0 spiro atoms. The van der Waals surface area contributed by atoms with Gasteiger partial charge in [-0.1, -0.05) is 38.1 Å². The average Bonchev–Trinajstić information content (AvgIpc) is 2.65. The molecular weight excluding hydrogens is 354 g/mol. The van der Waals surface area contributed by atoms with Gasteiger partial charge in [0.1, 0.15) is 0 Å². The number of benzene rings is 2. The summed E-state index contributed by atoms with van der Waals surface area (Å²) >= 11 is 0. The lowest BCUT2D eigenvalue weighted by molar-refractivity contribution is -0.123. The van der Waals surface area contributed by atoms with E-state index in [1.54, 1.807) is 31.2 Å². The monoisotopic (exact) mass is 381 g/mol. The lowest BCUT2D eigenvalue weighted by Crippen LogP contribution is -2.43. The molecule has 6 heteroatoms. The summed E-state index contributed by atoms with van der Waals surface area (Å²) in [5.41, 5.74) is 7.99. The van der Waals surface area contributed by atoms with Gasteiger partial charge in [0.25, 0.3) is 5.91 Å². The van der Waals surface area contributed by atoms with Gasteiger partial charge in [0.15, 0.2) is 0 Å². The molecule has 3 amide bonds. The van der Waals surface area contributed by atoms with Crippen LogP contribution in [0.25, 0.3) is 0 Å². The minimum Gasteiger partial charge on any atom is -0.326 e. The summed E-state index contributed by atoms with van der Waals surface area (Å²) in [5, 5.41) is 2.63. The zero-order valence-corrected chi connectivity index (χ0v) is 16.7. The molecule has 0 saturated carbocycles. The molecule has 0 fully saturated rings. The van der Waals surface area contributed by atoms with Gasteiger partial charge in [-0.3, -0.25) is 25.2 Å². The van der Waals surface area contributed by atoms with Crippen molar-refractivity contribution in [3.05, 3.63) is 65.2 Å². The molecule has 0 aliphatic rings. The Morgan fingerprint density at radius 1 is 0.857 bits per heavy atom. The maximum absolute atomic E-state index is 12.3. The van der Waals surface area contributed by atoms with Gasteiger partial charge in [-0.2, -0.15) is 0 Å². The summed E-state index contributed by atoms with van der Waals surface area (Å²) in [7, 11) is 0. The Labute approximate surface area is 165 Å². The topological polar surface area (TPSA) is 87.3 Å². The lowest BCUT2D eigenvalue weighted by atomic mass is 9.96. The van der Waals surface area contributed by atoms with Gasteiger partial charge in [-0.05, 0) is 54.7 Å². The molecule has 6 nitrogen and oxygen atoms in total. The second kappa shape index (κ2) is 9.69. The number of carbonyl (C=O) groups is 3. The smallest absolute Gasteiger partial charge is 0.269 e. The fourth-order valence-corrected chi connectivity index (χ4v) is 2.77. The van der Waals surface area contributed by atoms with Crippen LogP contribution in [-0.4, -0.2) is 17.7 Å². The van der Waals surface area contributed by atoms with Crippen LogP contribution in [0.2, 0.25) is 0 Å². The van der Waals surface area contributed by atoms with Crippen molar-refractivity contribution in [1.82, 2.24) is 10.9 Å². The van der Waals surface area contributed by atoms with Crippen molar-refractivity contribution < 1.29 is 14.4 Å². The van der Waals surface area contributed by atoms with E-state index in [0.717, 1.165) is 12.0 Å². The van der Waals surface area contributed by atoms with Crippen LogP contribution in [0, 0.1) is 5.92 Å². The molecular formula is C22H27N3O3. The van der Waals surface area contributed by atoms with Crippen molar-refractivity contribution in [3.63, 3.8) is 0 Å². The summed E-state index contributed by atoms with van der Waals surface area (Å²) in [6.07, 6.45) is 0.998.